The molecule has 1 rings (SSSR count). The molecule has 0 aromatic rings. The summed E-state index contributed by atoms with van der Waals surface area (Å²) in [6.07, 6.45) is 2.46. The fraction of sp³-hybridized carbons (Fsp3) is 0.800. The number of aliphatic imine (C=N–C) groups is 2. The second-order valence-electron chi connectivity index (χ2n) is 2.76. The highest BCUT2D eigenvalue weighted by Crippen LogP contribution is 2.10. The SMILES string of the molecule is CC.CN=C(Cl)C(=NC)N1CCCC1. The summed E-state index contributed by atoms with van der Waals surface area (Å²) in [5.74, 6) is 0.830. The molecule has 4 heteroatoms. The first-order chi connectivity index (χ1) is 6.79. The Bertz CT molecular complexity index is 205. The van der Waals surface area contributed by atoms with Crippen molar-refractivity contribution in [1.29, 1.82) is 0 Å². The van der Waals surface area contributed by atoms with E-state index >= 15 is 0 Å². The summed E-state index contributed by atoms with van der Waals surface area (Å²) >= 11 is 5.89. The van der Waals surface area contributed by atoms with Crippen molar-refractivity contribution in [3.63, 3.8) is 0 Å². The summed E-state index contributed by atoms with van der Waals surface area (Å²) in [4.78, 5) is 10.2. The normalized spacial score (nSPS) is 17.9. The van der Waals surface area contributed by atoms with Crippen LogP contribution < -0.4 is 0 Å². The van der Waals surface area contributed by atoms with Gasteiger partial charge in [0.05, 0.1) is 0 Å². The van der Waals surface area contributed by atoms with Crippen LogP contribution in [0.4, 0.5) is 0 Å². The minimum absolute atomic E-state index is 0.513. The molecular weight excluding hydrogens is 198 g/mol. The second kappa shape index (κ2) is 7.80. The molecule has 1 saturated heterocycles. The van der Waals surface area contributed by atoms with Gasteiger partial charge < -0.3 is 4.90 Å². The molecular formula is C10H20ClN3. The maximum Gasteiger partial charge on any atom is 0.166 e. The highest BCUT2D eigenvalue weighted by atomic mass is 35.5. The van der Waals surface area contributed by atoms with E-state index in [0.29, 0.717) is 5.17 Å². The van der Waals surface area contributed by atoms with Crippen molar-refractivity contribution >= 4 is 22.6 Å². The van der Waals surface area contributed by atoms with Gasteiger partial charge >= 0.3 is 0 Å². The van der Waals surface area contributed by atoms with E-state index in [9.17, 15) is 0 Å². The minimum Gasteiger partial charge on any atom is -0.354 e. The molecule has 0 aromatic carbocycles. The fourth-order valence-corrected chi connectivity index (χ4v) is 1.60. The molecule has 14 heavy (non-hydrogen) atoms. The smallest absolute Gasteiger partial charge is 0.166 e. The molecule has 1 aliphatic heterocycles. The lowest BCUT2D eigenvalue weighted by atomic mass is 10.4. The maximum atomic E-state index is 5.89. The van der Waals surface area contributed by atoms with Gasteiger partial charge in [-0.2, -0.15) is 0 Å². The highest BCUT2D eigenvalue weighted by molar-refractivity contribution is 6.83. The fourth-order valence-electron chi connectivity index (χ4n) is 1.39. The van der Waals surface area contributed by atoms with E-state index in [0.717, 1.165) is 18.9 Å². The molecule has 0 N–H and O–H groups in total. The van der Waals surface area contributed by atoms with E-state index in [1.165, 1.54) is 12.8 Å². The third-order valence-electron chi connectivity index (χ3n) is 2.00. The quantitative estimate of drug-likeness (QED) is 0.490. The Morgan fingerprint density at radius 1 is 1.07 bits per heavy atom. The first-order valence-corrected chi connectivity index (χ1v) is 5.51. The molecule has 0 spiro atoms. The lowest BCUT2D eigenvalue weighted by Crippen LogP contribution is -2.32. The lowest BCUT2D eigenvalue weighted by molar-refractivity contribution is 0.526. The van der Waals surface area contributed by atoms with Gasteiger partial charge in [-0.3, -0.25) is 9.98 Å². The Kier molecular flexibility index (Phi) is 7.48. The summed E-state index contributed by atoms with van der Waals surface area (Å²) in [6, 6.07) is 0. The van der Waals surface area contributed by atoms with Gasteiger partial charge in [-0.25, -0.2) is 0 Å². The van der Waals surface area contributed by atoms with Gasteiger partial charge in [0.2, 0.25) is 0 Å². The van der Waals surface area contributed by atoms with Crippen molar-refractivity contribution in [2.24, 2.45) is 9.98 Å². The van der Waals surface area contributed by atoms with E-state index in [1.807, 2.05) is 13.8 Å². The maximum absolute atomic E-state index is 5.89. The first-order valence-electron chi connectivity index (χ1n) is 5.14. The largest absolute Gasteiger partial charge is 0.354 e. The average molecular weight is 218 g/mol. The van der Waals surface area contributed by atoms with Gasteiger partial charge in [0.25, 0.3) is 0 Å². The molecule has 0 aromatic heterocycles. The monoisotopic (exact) mass is 217 g/mol. The van der Waals surface area contributed by atoms with Crippen LogP contribution in [0.15, 0.2) is 9.98 Å². The predicted octanol–water partition coefficient (Wildman–Crippen LogP) is 2.40. The number of nitrogens with zero attached hydrogens (tertiary/aromatic N) is 3. The first kappa shape index (κ1) is 13.4. The number of halogens is 1. The van der Waals surface area contributed by atoms with Gasteiger partial charge in [0.15, 0.2) is 11.0 Å². The number of rotatable bonds is 1. The van der Waals surface area contributed by atoms with Crippen LogP contribution >= 0.6 is 11.6 Å². The Labute approximate surface area is 91.9 Å². The number of amidine groups is 1. The van der Waals surface area contributed by atoms with Gasteiger partial charge in [-0.1, -0.05) is 25.4 Å². The Morgan fingerprint density at radius 3 is 1.93 bits per heavy atom. The summed E-state index contributed by atoms with van der Waals surface area (Å²) in [7, 11) is 3.44. The molecule has 0 amide bonds. The molecule has 3 nitrogen and oxygen atoms in total. The molecule has 82 valence electrons. The summed E-state index contributed by atoms with van der Waals surface area (Å²) in [5, 5.41) is 0.513. The summed E-state index contributed by atoms with van der Waals surface area (Å²) in [6.45, 7) is 6.11. The zero-order chi connectivity index (χ0) is 11.0. The van der Waals surface area contributed by atoms with Crippen LogP contribution in [-0.4, -0.2) is 43.1 Å². The third kappa shape index (κ3) is 3.66. The molecule has 1 heterocycles. The van der Waals surface area contributed by atoms with Crippen molar-refractivity contribution in [2.45, 2.75) is 26.7 Å². The summed E-state index contributed by atoms with van der Waals surface area (Å²) < 4.78 is 0. The van der Waals surface area contributed by atoms with Crippen molar-refractivity contribution in [3.8, 4) is 0 Å². The van der Waals surface area contributed by atoms with Crippen LogP contribution in [0.25, 0.3) is 0 Å². The van der Waals surface area contributed by atoms with Crippen LogP contribution in [-0.2, 0) is 0 Å². The van der Waals surface area contributed by atoms with Crippen LogP contribution in [0.1, 0.15) is 26.7 Å². The standard InChI is InChI=1S/C8H14ClN3.C2H6/c1-10-7(9)8(11-2)12-5-3-4-6-12;1-2/h3-6H2,1-2H3;1-2H3. The molecule has 0 atom stereocenters. The molecule has 0 bridgehead atoms. The van der Waals surface area contributed by atoms with E-state index in [2.05, 4.69) is 14.9 Å². The topological polar surface area (TPSA) is 28.0 Å². The van der Waals surface area contributed by atoms with E-state index < -0.39 is 0 Å². The Hall–Kier alpha value is -0.570. The minimum atomic E-state index is 0.513. The van der Waals surface area contributed by atoms with Crippen LogP contribution in [0.2, 0.25) is 0 Å². The molecule has 0 aliphatic carbocycles. The number of hydrogen-bond acceptors (Lipinski definition) is 2. The van der Waals surface area contributed by atoms with E-state index in [4.69, 9.17) is 11.6 Å². The molecule has 1 aliphatic rings. The number of hydrogen-bond donors (Lipinski definition) is 0. The molecule has 1 fully saturated rings. The van der Waals surface area contributed by atoms with E-state index in [1.54, 1.807) is 14.1 Å². The van der Waals surface area contributed by atoms with Crippen molar-refractivity contribution in [3.05, 3.63) is 0 Å². The third-order valence-corrected chi connectivity index (χ3v) is 2.34. The second-order valence-corrected chi connectivity index (χ2v) is 3.11. The highest BCUT2D eigenvalue weighted by Gasteiger charge is 2.18. The van der Waals surface area contributed by atoms with Crippen LogP contribution in [0.5, 0.6) is 0 Å². The average Bonchev–Trinajstić information content (AvgIpc) is 2.75. The Balaban J connectivity index is 0.000000791. The van der Waals surface area contributed by atoms with Gasteiger partial charge in [0, 0.05) is 27.2 Å². The van der Waals surface area contributed by atoms with E-state index in [-0.39, 0.29) is 0 Å². The molecule has 0 unspecified atom stereocenters. The van der Waals surface area contributed by atoms with Gasteiger partial charge in [-0.15, -0.1) is 0 Å². The molecule has 0 saturated carbocycles. The van der Waals surface area contributed by atoms with Crippen LogP contribution in [0.3, 0.4) is 0 Å². The van der Waals surface area contributed by atoms with Crippen LogP contribution in [0, 0.1) is 0 Å². The van der Waals surface area contributed by atoms with Gasteiger partial charge in [-0.05, 0) is 12.8 Å². The van der Waals surface area contributed by atoms with Crippen molar-refractivity contribution in [1.82, 2.24) is 4.90 Å². The zero-order valence-electron chi connectivity index (χ0n) is 9.55. The Morgan fingerprint density at radius 2 is 1.57 bits per heavy atom. The lowest BCUT2D eigenvalue weighted by Gasteiger charge is -2.17. The van der Waals surface area contributed by atoms with Crippen molar-refractivity contribution in [2.75, 3.05) is 27.2 Å². The van der Waals surface area contributed by atoms with Gasteiger partial charge in [0.1, 0.15) is 0 Å². The number of likely N-dealkylation sites (tertiary alicyclic amines) is 1. The zero-order valence-corrected chi connectivity index (χ0v) is 10.3. The van der Waals surface area contributed by atoms with Crippen molar-refractivity contribution < 1.29 is 0 Å². The molecule has 0 radical (unpaired) electrons. The summed E-state index contributed by atoms with van der Waals surface area (Å²) in [5.41, 5.74) is 0. The predicted molar refractivity (Wildman–Crippen MR) is 64.7 cm³/mol.